The Morgan fingerprint density at radius 2 is 2.14 bits per heavy atom. The van der Waals surface area contributed by atoms with Crippen LogP contribution < -0.4 is 56.7 Å². The molecule has 0 rings (SSSR count). The summed E-state index contributed by atoms with van der Waals surface area (Å²) in [6.45, 7) is 4.78. The second-order valence-electron chi connectivity index (χ2n) is 2.44. The molecule has 14 heavy (non-hydrogen) atoms. The van der Waals surface area contributed by atoms with Gasteiger partial charge in [0.25, 0.3) is 10.1 Å². The molecule has 76 valence electrons. The van der Waals surface area contributed by atoms with Crippen molar-refractivity contribution in [1.29, 1.82) is 0 Å². The Balaban J connectivity index is 0. The monoisotopic (exact) mass is 245 g/mol. The Kier molecular flexibility index (Phi) is 9.77. The van der Waals surface area contributed by atoms with Gasteiger partial charge in [-0.15, -0.1) is 0 Å². The van der Waals surface area contributed by atoms with Gasteiger partial charge < -0.3 is 16.2 Å². The molecule has 0 fully saturated rings. The average Bonchev–Trinajstić information content (AvgIpc) is 2.01. The van der Waals surface area contributed by atoms with Gasteiger partial charge in [0, 0.05) is 0 Å². The molecule has 0 spiro atoms. The van der Waals surface area contributed by atoms with E-state index in [1.54, 1.807) is 6.92 Å². The summed E-state index contributed by atoms with van der Waals surface area (Å²) in [5.74, 6) is -0.740. The Bertz CT molecular complexity index is 288. The molecular formula is C7H12KNO4S. The second-order valence-corrected chi connectivity index (χ2v) is 4.04. The third kappa shape index (κ3) is 7.10. The van der Waals surface area contributed by atoms with Crippen LogP contribution in [0.5, 0.6) is 0 Å². The Morgan fingerprint density at radius 3 is 2.43 bits per heavy atom. The molecule has 0 aliphatic rings. The van der Waals surface area contributed by atoms with Gasteiger partial charge >= 0.3 is 51.4 Å². The first-order valence-electron chi connectivity index (χ1n) is 3.71. The van der Waals surface area contributed by atoms with Crippen LogP contribution in [0.2, 0.25) is 0 Å². The minimum absolute atomic E-state index is 0. The molecule has 7 heteroatoms. The van der Waals surface area contributed by atoms with E-state index in [2.05, 4.69) is 11.9 Å². The standard InChI is InChI=1S/C7H12NO4S.K/c1-3-5-7(13(10,11)12)8-6(9)4-2;/h7H,2-3,5H2,1H3,(H,8,9)(H,10,11,12);/q-1;+1. The number of hydrogen-bond acceptors (Lipinski definition) is 3. The zero-order valence-electron chi connectivity index (χ0n) is 8.28. The van der Waals surface area contributed by atoms with Crippen LogP contribution >= 0.6 is 0 Å². The van der Waals surface area contributed by atoms with Crippen LogP contribution in [0.25, 0.3) is 0 Å². The molecule has 0 saturated carbocycles. The summed E-state index contributed by atoms with van der Waals surface area (Å²) in [6.07, 6.45) is 2.64. The number of rotatable bonds is 5. The topological polar surface area (TPSA) is 83.5 Å². The van der Waals surface area contributed by atoms with Crippen LogP contribution in [0, 0.1) is 6.08 Å². The summed E-state index contributed by atoms with van der Waals surface area (Å²) >= 11 is 0. The third-order valence-electron chi connectivity index (χ3n) is 1.36. The molecule has 2 N–H and O–H groups in total. The van der Waals surface area contributed by atoms with Crippen LogP contribution in [0.4, 0.5) is 0 Å². The maximum absolute atomic E-state index is 10.7. The maximum Gasteiger partial charge on any atom is 1.00 e. The number of carbonyl (C=O) groups is 1. The van der Waals surface area contributed by atoms with E-state index in [-0.39, 0.29) is 57.8 Å². The predicted octanol–water partition coefficient (Wildman–Crippen LogP) is -2.89. The SMILES string of the molecule is C=[C-]C(=O)NC(CCC)S(=O)(=O)O.[K+]. The van der Waals surface area contributed by atoms with Gasteiger partial charge in [0.15, 0.2) is 5.37 Å². The van der Waals surface area contributed by atoms with Gasteiger partial charge in [0.1, 0.15) is 0 Å². The molecule has 1 atom stereocenters. The molecule has 0 aromatic heterocycles. The van der Waals surface area contributed by atoms with Crippen molar-refractivity contribution < 1.29 is 69.1 Å². The van der Waals surface area contributed by atoms with Crippen LogP contribution in [-0.4, -0.2) is 24.3 Å². The fourth-order valence-corrected chi connectivity index (χ4v) is 1.54. The van der Waals surface area contributed by atoms with E-state index >= 15 is 0 Å². The minimum atomic E-state index is -4.23. The van der Waals surface area contributed by atoms with Crippen molar-refractivity contribution >= 4 is 16.0 Å². The first kappa shape index (κ1) is 17.2. The summed E-state index contributed by atoms with van der Waals surface area (Å²) in [5.41, 5.74) is 0. The fraction of sp³-hybridized carbons (Fsp3) is 0.571. The van der Waals surface area contributed by atoms with E-state index in [9.17, 15) is 13.2 Å². The fourth-order valence-electron chi connectivity index (χ4n) is 0.755. The van der Waals surface area contributed by atoms with Gasteiger partial charge in [-0.05, 0) is 6.42 Å². The van der Waals surface area contributed by atoms with Crippen LogP contribution in [-0.2, 0) is 14.9 Å². The van der Waals surface area contributed by atoms with Gasteiger partial charge in [0.05, 0.1) is 5.91 Å². The summed E-state index contributed by atoms with van der Waals surface area (Å²) in [4.78, 5) is 10.7. The van der Waals surface area contributed by atoms with Gasteiger partial charge in [-0.25, -0.2) is 0 Å². The molecule has 1 amide bonds. The molecule has 0 aliphatic carbocycles. The molecule has 0 aliphatic heterocycles. The van der Waals surface area contributed by atoms with Crippen molar-refractivity contribution in [2.75, 3.05) is 0 Å². The minimum Gasteiger partial charge on any atom is -0.412 e. The van der Waals surface area contributed by atoms with Crippen molar-refractivity contribution in [1.82, 2.24) is 5.32 Å². The van der Waals surface area contributed by atoms with E-state index in [1.165, 1.54) is 0 Å². The largest absolute Gasteiger partial charge is 1.00 e. The molecule has 0 saturated heterocycles. The predicted molar refractivity (Wildman–Crippen MR) is 47.3 cm³/mol. The molecule has 0 bridgehead atoms. The zero-order chi connectivity index (χ0) is 10.5. The molecule has 0 radical (unpaired) electrons. The van der Waals surface area contributed by atoms with Crippen molar-refractivity contribution in [3.63, 3.8) is 0 Å². The van der Waals surface area contributed by atoms with Crippen molar-refractivity contribution in [3.05, 3.63) is 12.7 Å². The number of amides is 1. The van der Waals surface area contributed by atoms with Gasteiger partial charge in [-0.3, -0.25) is 11.1 Å². The molecule has 5 nitrogen and oxygen atoms in total. The Labute approximate surface area is 127 Å². The van der Waals surface area contributed by atoms with E-state index in [4.69, 9.17) is 4.55 Å². The summed E-state index contributed by atoms with van der Waals surface area (Å²) in [6, 6.07) is 0. The van der Waals surface area contributed by atoms with Crippen molar-refractivity contribution in [2.24, 2.45) is 0 Å². The normalized spacial score (nSPS) is 12.4. The second kappa shape index (κ2) is 7.97. The smallest absolute Gasteiger partial charge is 0.412 e. The molecule has 0 aromatic rings. The van der Waals surface area contributed by atoms with Crippen LogP contribution in [0.15, 0.2) is 6.58 Å². The van der Waals surface area contributed by atoms with E-state index in [0.29, 0.717) is 6.42 Å². The quantitative estimate of drug-likeness (QED) is 0.236. The molecule has 0 aromatic carbocycles. The van der Waals surface area contributed by atoms with Crippen LogP contribution in [0.3, 0.4) is 0 Å². The van der Waals surface area contributed by atoms with Crippen molar-refractivity contribution in [2.45, 2.75) is 25.1 Å². The summed E-state index contributed by atoms with van der Waals surface area (Å²) in [5, 5.41) is 0.792. The molecular weight excluding hydrogens is 233 g/mol. The number of carbonyl (C=O) groups excluding carboxylic acids is 1. The zero-order valence-corrected chi connectivity index (χ0v) is 12.2. The van der Waals surface area contributed by atoms with Crippen LogP contribution in [0.1, 0.15) is 19.8 Å². The molecule has 0 heterocycles. The maximum atomic E-state index is 10.7. The third-order valence-corrected chi connectivity index (χ3v) is 2.44. The van der Waals surface area contributed by atoms with E-state index in [0.717, 1.165) is 0 Å². The Morgan fingerprint density at radius 1 is 1.64 bits per heavy atom. The van der Waals surface area contributed by atoms with E-state index in [1.807, 2.05) is 6.08 Å². The molecule has 1 unspecified atom stereocenters. The van der Waals surface area contributed by atoms with Gasteiger partial charge in [-0.1, -0.05) is 13.3 Å². The van der Waals surface area contributed by atoms with Crippen molar-refractivity contribution in [3.8, 4) is 0 Å². The van der Waals surface area contributed by atoms with Gasteiger partial charge in [-0.2, -0.15) is 8.42 Å². The van der Waals surface area contributed by atoms with E-state index < -0.39 is 21.4 Å². The number of hydrogen-bond donors (Lipinski definition) is 2. The first-order valence-corrected chi connectivity index (χ1v) is 5.22. The average molecular weight is 245 g/mol. The summed E-state index contributed by atoms with van der Waals surface area (Å²) in [7, 11) is -4.23. The Hall–Kier alpha value is 0.756. The number of nitrogens with one attached hydrogen (secondary N) is 1. The summed E-state index contributed by atoms with van der Waals surface area (Å²) < 4.78 is 30.0. The van der Waals surface area contributed by atoms with Gasteiger partial charge in [0.2, 0.25) is 0 Å². The first-order chi connectivity index (χ1) is 5.91.